The van der Waals surface area contributed by atoms with Gasteiger partial charge >= 0.3 is 6.09 Å². The van der Waals surface area contributed by atoms with Crippen molar-refractivity contribution in [3.63, 3.8) is 0 Å². The van der Waals surface area contributed by atoms with Gasteiger partial charge in [-0.15, -0.1) is 0 Å². The van der Waals surface area contributed by atoms with Crippen molar-refractivity contribution in [1.82, 2.24) is 4.98 Å². The molecule has 1 aliphatic rings. The summed E-state index contributed by atoms with van der Waals surface area (Å²) >= 11 is 0. The molecular weight excluding hydrogens is 442 g/mol. The summed E-state index contributed by atoms with van der Waals surface area (Å²) in [4.78, 5) is 31.8. The van der Waals surface area contributed by atoms with E-state index >= 15 is 0 Å². The van der Waals surface area contributed by atoms with Crippen LogP contribution in [-0.2, 0) is 4.74 Å². The Morgan fingerprint density at radius 2 is 1.71 bits per heavy atom. The van der Waals surface area contributed by atoms with E-state index in [1.165, 1.54) is 0 Å². The van der Waals surface area contributed by atoms with E-state index in [9.17, 15) is 9.59 Å². The smallest absolute Gasteiger partial charge is 0.415 e. The lowest BCUT2D eigenvalue weighted by atomic mass is 9.91. The average Bonchev–Trinajstić information content (AvgIpc) is 3.12. The Morgan fingerprint density at radius 3 is 2.43 bits per heavy atom. The normalized spacial score (nSPS) is 16.7. The minimum Gasteiger partial charge on any atom is -0.497 e. The first kappa shape index (κ1) is 22.4. The molecule has 0 bridgehead atoms. The fraction of sp³-hybridized carbons (Fsp3) is 0.179. The van der Waals surface area contributed by atoms with Crippen molar-refractivity contribution in [2.24, 2.45) is 0 Å². The topological polar surface area (TPSA) is 80.8 Å². The van der Waals surface area contributed by atoms with Crippen LogP contribution in [0, 0.1) is 0 Å². The summed E-state index contributed by atoms with van der Waals surface area (Å²) in [6, 6.07) is 23.6. The monoisotopic (exact) mass is 467 g/mol. The number of carbonyl (C=O) groups excluding carboxylic acids is 2. The fourth-order valence-corrected chi connectivity index (χ4v) is 4.51. The SMILES string of the molecule is COc1ccc([C@@H]2N(c3ccc(C(=O)Nc4cccc5cccnc45)cc3)C(=O)OC2(C)C)cc1. The molecule has 0 saturated carbocycles. The van der Waals surface area contributed by atoms with Gasteiger partial charge in [0.15, 0.2) is 0 Å². The molecule has 0 spiro atoms. The van der Waals surface area contributed by atoms with Crippen LogP contribution < -0.4 is 15.0 Å². The zero-order chi connectivity index (χ0) is 24.6. The standard InChI is InChI=1S/C28H25N3O4/c1-28(2)25(19-11-15-22(34-3)16-12-19)31(27(33)35-28)21-13-9-20(10-14-21)26(32)30-23-8-4-6-18-7-5-17-29-24(18)23/h4-17,25H,1-3H3,(H,30,32)/t25-/m0/s1. The summed E-state index contributed by atoms with van der Waals surface area (Å²) in [5.74, 6) is 0.478. The summed E-state index contributed by atoms with van der Waals surface area (Å²) in [6.07, 6.45) is 1.26. The van der Waals surface area contributed by atoms with E-state index in [4.69, 9.17) is 9.47 Å². The van der Waals surface area contributed by atoms with Crippen molar-refractivity contribution in [3.8, 4) is 5.75 Å². The molecule has 1 aromatic heterocycles. The average molecular weight is 468 g/mol. The third-order valence-corrected chi connectivity index (χ3v) is 6.18. The number of fused-ring (bicyclic) bond motifs is 1. The summed E-state index contributed by atoms with van der Waals surface area (Å²) in [5, 5.41) is 3.88. The number of methoxy groups -OCH3 is 1. The van der Waals surface area contributed by atoms with Gasteiger partial charge in [-0.25, -0.2) is 4.79 Å². The molecule has 7 heteroatoms. The lowest BCUT2D eigenvalue weighted by molar-refractivity contribution is 0.0685. The predicted octanol–water partition coefficient (Wildman–Crippen LogP) is 5.97. The van der Waals surface area contributed by atoms with E-state index in [0.29, 0.717) is 16.9 Å². The third kappa shape index (κ3) is 4.17. The number of hydrogen-bond acceptors (Lipinski definition) is 5. The Balaban J connectivity index is 1.41. The van der Waals surface area contributed by atoms with E-state index < -0.39 is 11.7 Å². The van der Waals surface area contributed by atoms with Crippen molar-refractivity contribution >= 4 is 34.3 Å². The molecule has 2 heterocycles. The van der Waals surface area contributed by atoms with Crippen LogP contribution in [0.25, 0.3) is 10.9 Å². The summed E-state index contributed by atoms with van der Waals surface area (Å²) in [6.45, 7) is 3.78. The lowest BCUT2D eigenvalue weighted by Crippen LogP contribution is -2.33. The molecule has 3 aromatic carbocycles. The van der Waals surface area contributed by atoms with Crippen LogP contribution in [0.3, 0.4) is 0 Å². The van der Waals surface area contributed by atoms with Crippen LogP contribution in [0.2, 0.25) is 0 Å². The maximum atomic E-state index is 12.9. The van der Waals surface area contributed by atoms with Crippen molar-refractivity contribution in [3.05, 3.63) is 96.2 Å². The highest BCUT2D eigenvalue weighted by Crippen LogP contribution is 2.44. The number of pyridine rings is 1. The van der Waals surface area contributed by atoms with Gasteiger partial charge in [-0.1, -0.05) is 30.3 Å². The van der Waals surface area contributed by atoms with Crippen molar-refractivity contribution in [2.75, 3.05) is 17.3 Å². The van der Waals surface area contributed by atoms with Crippen LogP contribution in [-0.4, -0.2) is 29.7 Å². The number of ether oxygens (including phenoxy) is 2. The van der Waals surface area contributed by atoms with E-state index in [1.807, 2.05) is 68.4 Å². The molecule has 7 nitrogen and oxygen atoms in total. The number of rotatable bonds is 5. The van der Waals surface area contributed by atoms with Gasteiger partial charge in [0, 0.05) is 22.8 Å². The number of benzene rings is 3. The minimum atomic E-state index is -0.747. The first-order valence-corrected chi connectivity index (χ1v) is 11.3. The van der Waals surface area contributed by atoms with Crippen molar-refractivity contribution in [1.29, 1.82) is 0 Å². The highest BCUT2D eigenvalue weighted by molar-refractivity contribution is 6.08. The van der Waals surface area contributed by atoms with E-state index in [0.717, 1.165) is 22.2 Å². The van der Waals surface area contributed by atoms with Crippen molar-refractivity contribution in [2.45, 2.75) is 25.5 Å². The largest absolute Gasteiger partial charge is 0.497 e. The Kier molecular flexibility index (Phi) is 5.61. The molecule has 5 rings (SSSR count). The van der Waals surface area contributed by atoms with Gasteiger partial charge in [-0.05, 0) is 67.9 Å². The molecule has 1 N–H and O–H groups in total. The third-order valence-electron chi connectivity index (χ3n) is 6.18. The minimum absolute atomic E-state index is 0.259. The lowest BCUT2D eigenvalue weighted by Gasteiger charge is -2.29. The maximum absolute atomic E-state index is 12.9. The molecule has 176 valence electrons. The van der Waals surface area contributed by atoms with Gasteiger partial charge in [0.05, 0.1) is 18.3 Å². The number of para-hydroxylation sites is 1. The molecule has 1 atom stereocenters. The van der Waals surface area contributed by atoms with Gasteiger partial charge in [0.1, 0.15) is 17.4 Å². The zero-order valence-corrected chi connectivity index (χ0v) is 19.7. The molecule has 0 radical (unpaired) electrons. The van der Waals surface area contributed by atoms with Crippen LogP contribution in [0.15, 0.2) is 85.1 Å². The second kappa shape index (κ2) is 8.76. The highest BCUT2D eigenvalue weighted by Gasteiger charge is 2.49. The Hall–Kier alpha value is -4.39. The Morgan fingerprint density at radius 1 is 1.00 bits per heavy atom. The maximum Gasteiger partial charge on any atom is 0.415 e. The summed E-state index contributed by atoms with van der Waals surface area (Å²) < 4.78 is 11.0. The molecule has 0 aliphatic carbocycles. The quantitative estimate of drug-likeness (QED) is 0.391. The van der Waals surface area contributed by atoms with E-state index in [1.54, 1.807) is 42.5 Å². The molecule has 1 fully saturated rings. The van der Waals surface area contributed by atoms with Crippen LogP contribution in [0.4, 0.5) is 16.2 Å². The van der Waals surface area contributed by atoms with Gasteiger partial charge in [-0.3, -0.25) is 14.7 Å². The first-order valence-electron chi connectivity index (χ1n) is 11.3. The first-order chi connectivity index (χ1) is 16.9. The molecular formula is C28H25N3O4. The molecule has 35 heavy (non-hydrogen) atoms. The Bertz CT molecular complexity index is 1390. The number of aromatic nitrogens is 1. The molecule has 2 amide bonds. The number of cyclic esters (lactones) is 1. The van der Waals surface area contributed by atoms with Crippen LogP contribution in [0.1, 0.15) is 35.8 Å². The van der Waals surface area contributed by atoms with Gasteiger partial charge in [0.25, 0.3) is 5.91 Å². The number of hydrogen-bond donors (Lipinski definition) is 1. The van der Waals surface area contributed by atoms with Gasteiger partial charge in [0.2, 0.25) is 0 Å². The predicted molar refractivity (Wildman–Crippen MR) is 135 cm³/mol. The molecule has 4 aromatic rings. The molecule has 0 unspecified atom stereocenters. The second-order valence-electron chi connectivity index (χ2n) is 8.90. The number of nitrogens with zero attached hydrogens (tertiary/aromatic N) is 2. The number of anilines is 2. The molecule has 1 aliphatic heterocycles. The highest BCUT2D eigenvalue weighted by atomic mass is 16.6. The molecule has 1 saturated heterocycles. The fourth-order valence-electron chi connectivity index (χ4n) is 4.51. The number of carbonyl (C=O) groups is 2. The summed E-state index contributed by atoms with van der Waals surface area (Å²) in [7, 11) is 1.61. The summed E-state index contributed by atoms with van der Waals surface area (Å²) in [5.41, 5.74) is 2.65. The van der Waals surface area contributed by atoms with Gasteiger partial charge < -0.3 is 14.8 Å². The van der Waals surface area contributed by atoms with E-state index in [2.05, 4.69) is 10.3 Å². The zero-order valence-electron chi connectivity index (χ0n) is 19.7. The van der Waals surface area contributed by atoms with E-state index in [-0.39, 0.29) is 11.9 Å². The van der Waals surface area contributed by atoms with Crippen molar-refractivity contribution < 1.29 is 19.1 Å². The van der Waals surface area contributed by atoms with Gasteiger partial charge in [-0.2, -0.15) is 0 Å². The number of amides is 2. The van der Waals surface area contributed by atoms with Crippen LogP contribution >= 0.6 is 0 Å². The second-order valence-corrected chi connectivity index (χ2v) is 8.90. The van der Waals surface area contributed by atoms with Crippen LogP contribution in [0.5, 0.6) is 5.75 Å². The number of nitrogens with one attached hydrogen (secondary N) is 1. The Labute approximate surface area is 203 Å².